The molecule has 5 aliphatic carbocycles. The second-order valence-electron chi connectivity index (χ2n) is 12.6. The number of carbonyl (C=O) groups is 2. The summed E-state index contributed by atoms with van der Waals surface area (Å²) in [5, 5.41) is 13.7. The quantitative estimate of drug-likeness (QED) is 0.397. The molecular formula is C29H39F2N3O4S. The van der Waals surface area contributed by atoms with Crippen LogP contribution < -0.4 is 10.2 Å². The van der Waals surface area contributed by atoms with E-state index in [0.717, 1.165) is 49.5 Å². The molecule has 10 heteroatoms. The van der Waals surface area contributed by atoms with Crippen LogP contribution in [0.2, 0.25) is 0 Å². The van der Waals surface area contributed by atoms with Gasteiger partial charge in [0.2, 0.25) is 0 Å². The third-order valence-corrected chi connectivity index (χ3v) is 11.2. The fraction of sp³-hybridized carbons (Fsp3) is 0.759. The minimum atomic E-state index is -2.76. The van der Waals surface area contributed by atoms with Gasteiger partial charge in [-0.1, -0.05) is 19.3 Å². The van der Waals surface area contributed by atoms with Crippen LogP contribution in [0.15, 0.2) is 17.2 Å². The summed E-state index contributed by atoms with van der Waals surface area (Å²) >= 11 is 1.70. The van der Waals surface area contributed by atoms with Crippen LogP contribution in [-0.4, -0.2) is 58.6 Å². The smallest absolute Gasteiger partial charge is 0.345 e. The van der Waals surface area contributed by atoms with Gasteiger partial charge < -0.3 is 20.1 Å². The largest absolute Gasteiger partial charge is 0.481 e. The van der Waals surface area contributed by atoms with Crippen LogP contribution >= 0.6 is 11.8 Å². The molecular weight excluding hydrogens is 524 g/mol. The maximum absolute atomic E-state index is 13.8. The molecule has 6 fully saturated rings. The van der Waals surface area contributed by atoms with Crippen LogP contribution in [0.25, 0.3) is 0 Å². The van der Waals surface area contributed by atoms with Crippen LogP contribution in [0.5, 0.6) is 0 Å². The number of hydrogen-bond acceptors (Lipinski definition) is 6. The number of nitrogens with zero attached hydrogens (tertiary/aromatic N) is 2. The van der Waals surface area contributed by atoms with E-state index in [9.17, 15) is 23.5 Å². The Balaban J connectivity index is 1.19. The van der Waals surface area contributed by atoms with Gasteiger partial charge in [0.15, 0.2) is 0 Å². The molecule has 0 radical (unpaired) electrons. The first kappa shape index (κ1) is 27.2. The lowest BCUT2D eigenvalue weighted by Crippen LogP contribution is -2.62. The van der Waals surface area contributed by atoms with Gasteiger partial charge in [-0.25, -0.2) is 4.98 Å². The average Bonchev–Trinajstić information content (AvgIpc) is 3.33. The third kappa shape index (κ3) is 5.92. The topological polar surface area (TPSA) is 91.8 Å². The Bertz CT molecular complexity index is 1060. The number of halogens is 2. The summed E-state index contributed by atoms with van der Waals surface area (Å²) in [5.74, 6) is 0.742. The molecule has 5 saturated carbocycles. The second kappa shape index (κ2) is 11.1. The zero-order valence-electron chi connectivity index (χ0n) is 22.3. The molecule has 1 aromatic heterocycles. The maximum Gasteiger partial charge on any atom is 0.345 e. The molecule has 3 atom stereocenters. The summed E-state index contributed by atoms with van der Waals surface area (Å²) in [6.45, 7) is -1.33. The van der Waals surface area contributed by atoms with Gasteiger partial charge in [-0.3, -0.25) is 9.59 Å². The van der Waals surface area contributed by atoms with Crippen LogP contribution in [-0.2, 0) is 9.53 Å². The summed E-state index contributed by atoms with van der Waals surface area (Å²) in [7, 11) is 0. The molecule has 1 amide bonds. The van der Waals surface area contributed by atoms with E-state index in [2.05, 4.69) is 10.2 Å². The Morgan fingerprint density at radius 2 is 1.87 bits per heavy atom. The number of carboxylic acids is 1. The van der Waals surface area contributed by atoms with Crippen molar-refractivity contribution in [3.63, 3.8) is 0 Å². The number of hydrogen-bond donors (Lipinski definition) is 2. The first-order valence-corrected chi connectivity index (χ1v) is 15.6. The number of aliphatic carboxylic acids is 1. The number of anilines is 1. The number of rotatable bonds is 9. The van der Waals surface area contributed by atoms with E-state index in [1.54, 1.807) is 11.8 Å². The normalized spacial score (nSPS) is 34.1. The van der Waals surface area contributed by atoms with Gasteiger partial charge in [-0.05, 0) is 87.2 Å². The van der Waals surface area contributed by atoms with Crippen molar-refractivity contribution >= 4 is 29.5 Å². The Hall–Kier alpha value is -1.94. The van der Waals surface area contributed by atoms with E-state index >= 15 is 0 Å². The Kier molecular flexibility index (Phi) is 7.79. The van der Waals surface area contributed by atoms with Gasteiger partial charge in [0.1, 0.15) is 10.8 Å². The van der Waals surface area contributed by atoms with Crippen LogP contribution in [0.1, 0.15) is 87.4 Å². The van der Waals surface area contributed by atoms with Crippen molar-refractivity contribution < 1.29 is 28.2 Å². The zero-order chi connectivity index (χ0) is 27.1. The molecule has 2 heterocycles. The highest BCUT2D eigenvalue weighted by Crippen LogP contribution is 2.57. The van der Waals surface area contributed by atoms with E-state index in [1.807, 2.05) is 12.1 Å². The Labute approximate surface area is 232 Å². The van der Waals surface area contributed by atoms with E-state index in [1.165, 1.54) is 19.3 Å². The fourth-order valence-corrected chi connectivity index (χ4v) is 9.73. The molecule has 7 rings (SSSR count). The number of aromatic nitrogens is 1. The summed E-state index contributed by atoms with van der Waals surface area (Å²) in [6, 6.07) is 3.75. The lowest BCUT2D eigenvalue weighted by Gasteiger charge is -2.59. The average molecular weight is 564 g/mol. The molecule has 3 unspecified atom stereocenters. The fourth-order valence-electron chi connectivity index (χ4n) is 8.41. The lowest BCUT2D eigenvalue weighted by molar-refractivity contribution is -0.260. The standard InChI is InChI=1S/C29H39F2N3O4S/c30-28(31)38-29-13-18-10-19(14-29)25(20(11-18)15-29)33-26(37)22-6-7-23(34-9-8-17(16-34)12-24(35)36)32-27(22)39-21-4-2-1-3-5-21/h6-7,17-21,25,28H,1-5,8-16H2,(H,33,37)(H,35,36). The molecule has 2 N–H and O–H groups in total. The predicted molar refractivity (Wildman–Crippen MR) is 144 cm³/mol. The number of amides is 1. The van der Waals surface area contributed by atoms with Crippen LogP contribution in [0.4, 0.5) is 14.6 Å². The highest BCUT2D eigenvalue weighted by Gasteiger charge is 2.57. The molecule has 0 aromatic carbocycles. The van der Waals surface area contributed by atoms with Gasteiger partial charge >= 0.3 is 12.6 Å². The van der Waals surface area contributed by atoms with E-state index in [0.29, 0.717) is 42.5 Å². The summed E-state index contributed by atoms with van der Waals surface area (Å²) in [6.07, 6.45) is 10.6. The first-order valence-electron chi connectivity index (χ1n) is 14.7. The van der Waals surface area contributed by atoms with Crippen molar-refractivity contribution in [2.75, 3.05) is 18.0 Å². The number of ether oxygens (including phenoxy) is 1. The molecule has 6 aliphatic rings. The predicted octanol–water partition coefficient (Wildman–Crippen LogP) is 5.72. The minimum absolute atomic E-state index is 0.0222. The van der Waals surface area contributed by atoms with Crippen molar-refractivity contribution in [3.8, 4) is 0 Å². The van der Waals surface area contributed by atoms with Gasteiger partial charge in [0.25, 0.3) is 5.91 Å². The first-order chi connectivity index (χ1) is 18.8. The second-order valence-corrected chi connectivity index (χ2v) is 13.9. The molecule has 1 aliphatic heterocycles. The third-order valence-electron chi connectivity index (χ3n) is 9.85. The maximum atomic E-state index is 13.8. The molecule has 7 nitrogen and oxygen atoms in total. The van der Waals surface area contributed by atoms with E-state index in [4.69, 9.17) is 9.72 Å². The van der Waals surface area contributed by atoms with Gasteiger partial charge in [-0.2, -0.15) is 8.78 Å². The highest BCUT2D eigenvalue weighted by molar-refractivity contribution is 7.99. The van der Waals surface area contributed by atoms with Crippen molar-refractivity contribution in [2.45, 2.75) is 106 Å². The Morgan fingerprint density at radius 3 is 2.56 bits per heavy atom. The Morgan fingerprint density at radius 1 is 1.13 bits per heavy atom. The highest BCUT2D eigenvalue weighted by atomic mass is 32.2. The summed E-state index contributed by atoms with van der Waals surface area (Å²) in [4.78, 5) is 32.1. The molecule has 39 heavy (non-hydrogen) atoms. The molecule has 214 valence electrons. The number of nitrogens with one attached hydrogen (secondary N) is 1. The van der Waals surface area contributed by atoms with Gasteiger partial charge in [0, 0.05) is 30.8 Å². The van der Waals surface area contributed by atoms with Crippen LogP contribution in [0, 0.1) is 23.7 Å². The van der Waals surface area contributed by atoms with Crippen LogP contribution in [0.3, 0.4) is 0 Å². The van der Waals surface area contributed by atoms with Crippen molar-refractivity contribution in [3.05, 3.63) is 17.7 Å². The monoisotopic (exact) mass is 563 g/mol. The zero-order valence-corrected chi connectivity index (χ0v) is 23.1. The van der Waals surface area contributed by atoms with E-state index < -0.39 is 18.2 Å². The van der Waals surface area contributed by atoms with Gasteiger partial charge in [0.05, 0.1) is 11.2 Å². The molecule has 0 spiro atoms. The number of alkyl halides is 2. The van der Waals surface area contributed by atoms with Crippen molar-refractivity contribution in [2.24, 2.45) is 23.7 Å². The van der Waals surface area contributed by atoms with Gasteiger partial charge in [-0.15, -0.1) is 11.8 Å². The minimum Gasteiger partial charge on any atom is -0.481 e. The summed E-state index contributed by atoms with van der Waals surface area (Å²) in [5.41, 5.74) is -0.145. The number of thioether (sulfide) groups is 1. The number of pyridine rings is 1. The molecule has 1 saturated heterocycles. The molecule has 4 bridgehead atoms. The lowest BCUT2D eigenvalue weighted by atomic mass is 9.52. The van der Waals surface area contributed by atoms with Crippen molar-refractivity contribution in [1.29, 1.82) is 0 Å². The summed E-state index contributed by atoms with van der Waals surface area (Å²) < 4.78 is 31.6. The molecule has 1 aromatic rings. The van der Waals surface area contributed by atoms with Crippen molar-refractivity contribution in [1.82, 2.24) is 10.3 Å². The van der Waals surface area contributed by atoms with E-state index in [-0.39, 0.29) is 36.1 Å². The SMILES string of the molecule is O=C(O)CC1CCN(c2ccc(C(=O)NC3C4CC5CC3CC(OC(F)F)(C5)C4)c(SC3CCCCC3)n2)C1. The number of carboxylic acid groups (broad SMARTS) is 1. The number of carbonyl (C=O) groups excluding carboxylic acids is 1.